The van der Waals surface area contributed by atoms with Crippen LogP contribution in [0.2, 0.25) is 5.02 Å². The molecule has 8 nitrogen and oxygen atoms in total. The van der Waals surface area contributed by atoms with Crippen molar-refractivity contribution in [3.63, 3.8) is 0 Å². The lowest BCUT2D eigenvalue weighted by Gasteiger charge is -2.30. The molecular formula is C25H28ClN3O5S2. The van der Waals surface area contributed by atoms with Gasteiger partial charge in [-0.25, -0.2) is 8.42 Å². The molecule has 11 heteroatoms. The average molecular weight is 550 g/mol. The third-order valence-electron chi connectivity index (χ3n) is 5.97. The van der Waals surface area contributed by atoms with E-state index in [9.17, 15) is 23.3 Å². The Morgan fingerprint density at radius 2 is 1.83 bits per heavy atom. The highest BCUT2D eigenvalue weighted by molar-refractivity contribution is 7.89. The van der Waals surface area contributed by atoms with Crippen LogP contribution < -0.4 is 0 Å². The SMILES string of the molecule is CCC(C)N(CC(=O)N(Cc1ccccc1)Cc1sccc1C)S(=O)(=O)c1ccc(Cl)c([N+](=O)[O-])c1. The van der Waals surface area contributed by atoms with E-state index in [1.165, 1.54) is 12.1 Å². The minimum Gasteiger partial charge on any atom is -0.332 e. The summed E-state index contributed by atoms with van der Waals surface area (Å²) >= 11 is 7.43. The molecule has 0 bridgehead atoms. The Morgan fingerprint density at radius 1 is 1.14 bits per heavy atom. The van der Waals surface area contributed by atoms with Crippen LogP contribution in [0, 0.1) is 17.0 Å². The summed E-state index contributed by atoms with van der Waals surface area (Å²) in [7, 11) is -4.23. The summed E-state index contributed by atoms with van der Waals surface area (Å²) in [5.74, 6) is -0.362. The van der Waals surface area contributed by atoms with Gasteiger partial charge in [0.2, 0.25) is 15.9 Å². The topological polar surface area (TPSA) is 101 Å². The highest BCUT2D eigenvalue weighted by atomic mass is 35.5. The lowest BCUT2D eigenvalue weighted by atomic mass is 10.2. The second kappa shape index (κ2) is 12.0. The van der Waals surface area contributed by atoms with Crippen LogP contribution in [0.1, 0.15) is 36.3 Å². The Labute approximate surface area is 220 Å². The number of carbonyl (C=O) groups excluding carboxylic acids is 1. The van der Waals surface area contributed by atoms with Crippen molar-refractivity contribution in [2.24, 2.45) is 0 Å². The van der Waals surface area contributed by atoms with Gasteiger partial charge in [0.05, 0.1) is 22.9 Å². The zero-order chi connectivity index (χ0) is 26.5. The van der Waals surface area contributed by atoms with Gasteiger partial charge in [0.25, 0.3) is 5.69 Å². The van der Waals surface area contributed by atoms with Crippen molar-refractivity contribution in [1.82, 2.24) is 9.21 Å². The molecule has 1 unspecified atom stereocenters. The standard InChI is InChI=1S/C25H28ClN3O5S2/c1-4-19(3)28(36(33,34)21-10-11-22(26)23(14-21)29(31)32)17-25(30)27(15-20-8-6-5-7-9-20)16-24-18(2)12-13-35-24/h5-14,19H,4,15-17H2,1-3H3. The molecule has 36 heavy (non-hydrogen) atoms. The van der Waals surface area contributed by atoms with Crippen molar-refractivity contribution in [3.05, 3.63) is 91.1 Å². The fourth-order valence-corrected chi connectivity index (χ4v) is 6.40. The maximum atomic E-state index is 13.6. The number of hydrogen-bond acceptors (Lipinski definition) is 6. The third-order valence-corrected chi connectivity index (χ3v) is 9.25. The number of carbonyl (C=O) groups is 1. The van der Waals surface area contributed by atoms with Crippen molar-refractivity contribution >= 4 is 44.6 Å². The Morgan fingerprint density at radius 3 is 2.42 bits per heavy atom. The molecule has 3 rings (SSSR count). The van der Waals surface area contributed by atoms with Gasteiger partial charge in [0, 0.05) is 23.5 Å². The summed E-state index contributed by atoms with van der Waals surface area (Å²) < 4.78 is 28.3. The van der Waals surface area contributed by atoms with Crippen molar-refractivity contribution in [2.75, 3.05) is 6.54 Å². The summed E-state index contributed by atoms with van der Waals surface area (Å²) in [6.07, 6.45) is 0.449. The van der Waals surface area contributed by atoms with Gasteiger partial charge in [-0.2, -0.15) is 4.31 Å². The highest BCUT2D eigenvalue weighted by Crippen LogP contribution is 2.30. The lowest BCUT2D eigenvalue weighted by molar-refractivity contribution is -0.384. The number of rotatable bonds is 11. The number of benzene rings is 2. The molecule has 1 amide bonds. The van der Waals surface area contributed by atoms with Crippen LogP contribution in [-0.4, -0.2) is 41.0 Å². The number of halogens is 1. The van der Waals surface area contributed by atoms with Crippen LogP contribution in [0.5, 0.6) is 0 Å². The van der Waals surface area contributed by atoms with Crippen LogP contribution >= 0.6 is 22.9 Å². The van der Waals surface area contributed by atoms with E-state index < -0.39 is 33.2 Å². The number of hydrogen-bond donors (Lipinski definition) is 0. The molecule has 0 N–H and O–H groups in total. The summed E-state index contributed by atoms with van der Waals surface area (Å²) in [6.45, 7) is 5.76. The van der Waals surface area contributed by atoms with E-state index in [4.69, 9.17) is 11.6 Å². The number of nitro benzene ring substituents is 1. The number of nitrogens with zero attached hydrogens (tertiary/aromatic N) is 3. The van der Waals surface area contributed by atoms with Crippen molar-refractivity contribution in [3.8, 4) is 0 Å². The van der Waals surface area contributed by atoms with Crippen LogP contribution in [-0.2, 0) is 27.9 Å². The number of amides is 1. The first-order valence-electron chi connectivity index (χ1n) is 11.3. The zero-order valence-corrected chi connectivity index (χ0v) is 22.6. The monoisotopic (exact) mass is 549 g/mol. The van der Waals surface area contributed by atoms with Crippen LogP contribution in [0.3, 0.4) is 0 Å². The smallest absolute Gasteiger partial charge is 0.289 e. The molecule has 0 spiro atoms. The first kappa shape index (κ1) is 27.8. The van der Waals surface area contributed by atoms with Gasteiger partial charge < -0.3 is 4.90 Å². The first-order valence-corrected chi connectivity index (χ1v) is 14.0. The molecule has 192 valence electrons. The Hall–Kier alpha value is -2.79. The fourth-order valence-electron chi connectivity index (χ4n) is 3.62. The van der Waals surface area contributed by atoms with Gasteiger partial charge >= 0.3 is 0 Å². The Kier molecular flexibility index (Phi) is 9.24. The van der Waals surface area contributed by atoms with Crippen LogP contribution in [0.25, 0.3) is 0 Å². The average Bonchev–Trinajstić information content (AvgIpc) is 3.26. The van der Waals surface area contributed by atoms with Crippen molar-refractivity contribution in [1.29, 1.82) is 0 Å². The fraction of sp³-hybridized carbons (Fsp3) is 0.320. The predicted octanol–water partition coefficient (Wildman–Crippen LogP) is 5.64. The van der Waals surface area contributed by atoms with E-state index in [2.05, 4.69) is 0 Å². The molecule has 1 atom stereocenters. The molecule has 1 heterocycles. The minimum absolute atomic E-state index is 0.162. The molecule has 0 aliphatic heterocycles. The van der Waals surface area contributed by atoms with Crippen LogP contribution in [0.15, 0.2) is 64.9 Å². The van der Waals surface area contributed by atoms with Gasteiger partial charge in [0.1, 0.15) is 5.02 Å². The van der Waals surface area contributed by atoms with E-state index in [0.717, 1.165) is 26.4 Å². The van der Waals surface area contributed by atoms with Gasteiger partial charge in [-0.15, -0.1) is 11.3 Å². The maximum absolute atomic E-state index is 13.6. The second-order valence-electron chi connectivity index (χ2n) is 8.44. The Balaban J connectivity index is 1.95. The van der Waals surface area contributed by atoms with E-state index in [1.807, 2.05) is 55.6 Å². The second-order valence-corrected chi connectivity index (χ2v) is 11.7. The van der Waals surface area contributed by atoms with E-state index in [1.54, 1.807) is 23.2 Å². The van der Waals surface area contributed by atoms with Crippen LogP contribution in [0.4, 0.5) is 5.69 Å². The molecular weight excluding hydrogens is 522 g/mol. The zero-order valence-electron chi connectivity index (χ0n) is 20.3. The largest absolute Gasteiger partial charge is 0.332 e. The molecule has 2 aromatic carbocycles. The van der Waals surface area contributed by atoms with Gasteiger partial charge in [-0.05, 0) is 55.0 Å². The quantitative estimate of drug-likeness (QED) is 0.228. The molecule has 0 aliphatic carbocycles. The highest BCUT2D eigenvalue weighted by Gasteiger charge is 2.33. The number of thiophene rings is 1. The summed E-state index contributed by atoms with van der Waals surface area (Å²) in [4.78, 5) is 26.6. The summed E-state index contributed by atoms with van der Waals surface area (Å²) in [5.41, 5.74) is 1.48. The predicted molar refractivity (Wildman–Crippen MR) is 142 cm³/mol. The molecule has 0 saturated heterocycles. The van der Waals surface area contributed by atoms with Gasteiger partial charge in [-0.1, -0.05) is 48.9 Å². The van der Waals surface area contributed by atoms with Gasteiger partial charge in [-0.3, -0.25) is 14.9 Å². The Bertz CT molecular complexity index is 1330. The van der Waals surface area contributed by atoms with E-state index in [0.29, 0.717) is 19.5 Å². The number of nitro groups is 1. The number of sulfonamides is 1. The maximum Gasteiger partial charge on any atom is 0.289 e. The van der Waals surface area contributed by atoms with Gasteiger partial charge in [0.15, 0.2) is 0 Å². The molecule has 0 fully saturated rings. The molecule has 3 aromatic rings. The van der Waals surface area contributed by atoms with E-state index >= 15 is 0 Å². The third kappa shape index (κ3) is 6.50. The molecule has 0 saturated carbocycles. The number of aryl methyl sites for hydroxylation is 1. The first-order chi connectivity index (χ1) is 17.0. The van der Waals surface area contributed by atoms with E-state index in [-0.39, 0.29) is 15.8 Å². The molecule has 1 aromatic heterocycles. The normalized spacial score (nSPS) is 12.5. The van der Waals surface area contributed by atoms with Crippen molar-refractivity contribution in [2.45, 2.75) is 51.2 Å². The molecule has 0 radical (unpaired) electrons. The van der Waals surface area contributed by atoms with Crippen molar-refractivity contribution < 1.29 is 18.1 Å². The summed E-state index contributed by atoms with van der Waals surface area (Å²) in [6, 6.07) is 14.3. The lowest BCUT2D eigenvalue weighted by Crippen LogP contribution is -2.46. The minimum atomic E-state index is -4.23. The molecule has 0 aliphatic rings. The summed E-state index contributed by atoms with van der Waals surface area (Å²) in [5, 5.41) is 13.1.